The Morgan fingerprint density at radius 1 is 1.30 bits per heavy atom. The quantitative estimate of drug-likeness (QED) is 0.652. The van der Waals surface area contributed by atoms with E-state index in [0.717, 1.165) is 12.8 Å². The molecule has 0 N–H and O–H groups in total. The van der Waals surface area contributed by atoms with Crippen LogP contribution in [0.4, 0.5) is 0 Å². The van der Waals surface area contributed by atoms with Gasteiger partial charge in [-0.2, -0.15) is 0 Å². The van der Waals surface area contributed by atoms with Gasteiger partial charge >= 0.3 is 65.6 Å². The Morgan fingerprint density at radius 2 is 1.80 bits per heavy atom. The van der Waals surface area contributed by atoms with Crippen molar-refractivity contribution in [3.63, 3.8) is 0 Å². The summed E-state index contributed by atoms with van der Waals surface area (Å²) >= 11 is -3.31. The minimum atomic E-state index is -3.31. The van der Waals surface area contributed by atoms with Gasteiger partial charge in [-0.1, -0.05) is 0 Å². The van der Waals surface area contributed by atoms with Gasteiger partial charge in [-0.15, -0.1) is 0 Å². The number of hydrogen-bond donors (Lipinski definition) is 0. The van der Waals surface area contributed by atoms with Gasteiger partial charge in [0.1, 0.15) is 0 Å². The van der Waals surface area contributed by atoms with Crippen LogP contribution in [0.25, 0.3) is 0 Å². The first kappa shape index (κ1) is 10.1. The van der Waals surface area contributed by atoms with E-state index in [4.69, 9.17) is 0 Å². The van der Waals surface area contributed by atoms with E-state index in [0.29, 0.717) is 12.5 Å². The van der Waals surface area contributed by atoms with E-state index in [1.165, 1.54) is 0 Å². The molecule has 0 heterocycles. The number of hydrogen-bond acceptors (Lipinski definition) is 3. The second kappa shape index (κ2) is 5.89. The standard InChI is InChI=1S/C6H13O.2O.V/c1-3-6(4-2)5-7;;;/h6H,3-5H2,1-2H3;;;/q-1;;;+1. The van der Waals surface area contributed by atoms with Crippen LogP contribution < -0.4 is 0 Å². The van der Waals surface area contributed by atoms with Crippen molar-refractivity contribution in [2.75, 3.05) is 6.61 Å². The molecule has 0 spiro atoms. The van der Waals surface area contributed by atoms with Crippen LogP contribution in [0.2, 0.25) is 0 Å². The first-order chi connectivity index (χ1) is 4.70. The molecule has 0 fully saturated rings. The molecule has 0 amide bonds. The number of rotatable bonds is 5. The van der Waals surface area contributed by atoms with E-state index >= 15 is 0 Å². The molecule has 0 aliphatic carbocycles. The first-order valence-corrected chi connectivity index (χ1v) is 5.19. The summed E-state index contributed by atoms with van der Waals surface area (Å²) in [5, 5.41) is 0. The van der Waals surface area contributed by atoms with Crippen LogP contribution in [0.3, 0.4) is 0 Å². The van der Waals surface area contributed by atoms with E-state index in [1.54, 1.807) is 0 Å². The van der Waals surface area contributed by atoms with E-state index in [1.807, 2.05) is 13.8 Å². The van der Waals surface area contributed by atoms with Crippen LogP contribution in [-0.2, 0) is 26.4 Å². The fraction of sp³-hybridized carbons (Fsp3) is 1.00. The van der Waals surface area contributed by atoms with Crippen molar-refractivity contribution in [2.45, 2.75) is 26.7 Å². The SMILES string of the molecule is CCC(CC)C[O][V](=[O])=[O]. The third-order valence-electron chi connectivity index (χ3n) is 1.57. The Kier molecular flexibility index (Phi) is 5.98. The Balaban J connectivity index is 3.44. The van der Waals surface area contributed by atoms with Crippen molar-refractivity contribution in [1.82, 2.24) is 0 Å². The molecule has 10 heavy (non-hydrogen) atoms. The van der Waals surface area contributed by atoms with Crippen LogP contribution >= 0.6 is 0 Å². The summed E-state index contributed by atoms with van der Waals surface area (Å²) in [7, 11) is 0. The van der Waals surface area contributed by atoms with Gasteiger partial charge in [0, 0.05) is 0 Å². The van der Waals surface area contributed by atoms with Crippen molar-refractivity contribution in [3.05, 3.63) is 0 Å². The third-order valence-corrected chi connectivity index (χ3v) is 2.13. The van der Waals surface area contributed by atoms with Crippen LogP contribution in [0.5, 0.6) is 0 Å². The molecule has 0 aliphatic heterocycles. The van der Waals surface area contributed by atoms with Gasteiger partial charge < -0.3 is 0 Å². The minimum absolute atomic E-state index is 0.375. The predicted molar refractivity (Wildman–Crippen MR) is 31.4 cm³/mol. The van der Waals surface area contributed by atoms with Gasteiger partial charge in [0.15, 0.2) is 0 Å². The Morgan fingerprint density at radius 3 is 2.10 bits per heavy atom. The van der Waals surface area contributed by atoms with E-state index in [-0.39, 0.29) is 0 Å². The molecule has 0 unspecified atom stereocenters. The molecular formula is C6H13O3V. The molecule has 0 saturated heterocycles. The van der Waals surface area contributed by atoms with Gasteiger partial charge in [0.25, 0.3) is 0 Å². The molecule has 4 heteroatoms. The first-order valence-electron chi connectivity index (χ1n) is 3.48. The summed E-state index contributed by atoms with van der Waals surface area (Å²) in [4.78, 5) is 0. The molecular weight excluding hydrogens is 171 g/mol. The van der Waals surface area contributed by atoms with E-state index in [2.05, 4.69) is 3.66 Å². The fourth-order valence-corrected chi connectivity index (χ4v) is 1.21. The van der Waals surface area contributed by atoms with E-state index < -0.39 is 15.4 Å². The second-order valence-electron chi connectivity index (χ2n) is 2.20. The molecule has 0 aromatic rings. The monoisotopic (exact) mass is 184 g/mol. The summed E-state index contributed by atoms with van der Waals surface area (Å²) in [5.41, 5.74) is 0. The Hall–Kier alpha value is 0.144. The Bertz CT molecular complexity index is 130. The van der Waals surface area contributed by atoms with Crippen LogP contribution in [0.15, 0.2) is 0 Å². The zero-order valence-corrected chi connectivity index (χ0v) is 7.77. The molecule has 60 valence electrons. The average Bonchev–Trinajstić information content (AvgIpc) is 1.90. The van der Waals surface area contributed by atoms with Gasteiger partial charge in [-0.25, -0.2) is 0 Å². The zero-order chi connectivity index (χ0) is 7.98. The molecule has 0 aliphatic rings. The van der Waals surface area contributed by atoms with Crippen LogP contribution in [0.1, 0.15) is 26.7 Å². The maximum absolute atomic E-state index is 10.0. The van der Waals surface area contributed by atoms with Gasteiger partial charge in [-0.3, -0.25) is 0 Å². The Labute approximate surface area is 66.1 Å². The van der Waals surface area contributed by atoms with Gasteiger partial charge in [-0.05, 0) is 0 Å². The summed E-state index contributed by atoms with van der Waals surface area (Å²) in [6.45, 7) is 4.44. The van der Waals surface area contributed by atoms with Crippen molar-refractivity contribution in [2.24, 2.45) is 5.92 Å². The third kappa shape index (κ3) is 4.97. The topological polar surface area (TPSA) is 43.4 Å². The second-order valence-corrected chi connectivity index (χ2v) is 3.30. The zero-order valence-electron chi connectivity index (χ0n) is 6.37. The predicted octanol–water partition coefficient (Wildman–Crippen LogP) is 1.66. The molecule has 3 nitrogen and oxygen atoms in total. The summed E-state index contributed by atoms with van der Waals surface area (Å²) in [6.07, 6.45) is 1.97. The maximum atomic E-state index is 10.0. The average molecular weight is 184 g/mol. The molecule has 0 aromatic heterocycles. The van der Waals surface area contributed by atoms with Crippen molar-refractivity contribution >= 4 is 0 Å². The van der Waals surface area contributed by atoms with Crippen LogP contribution in [-0.4, -0.2) is 6.61 Å². The van der Waals surface area contributed by atoms with E-state index in [9.17, 15) is 7.35 Å². The summed E-state index contributed by atoms with van der Waals surface area (Å²) in [5.74, 6) is 0.403. The molecule has 0 bridgehead atoms. The molecule has 0 rings (SSSR count). The molecule has 0 radical (unpaired) electrons. The van der Waals surface area contributed by atoms with Crippen molar-refractivity contribution in [3.8, 4) is 0 Å². The molecule has 0 atom stereocenters. The normalized spacial score (nSPS) is 10.3. The molecule has 0 saturated carbocycles. The van der Waals surface area contributed by atoms with Gasteiger partial charge in [0.05, 0.1) is 0 Å². The summed E-state index contributed by atoms with van der Waals surface area (Å²) < 4.78 is 24.6. The van der Waals surface area contributed by atoms with Crippen molar-refractivity contribution in [1.29, 1.82) is 0 Å². The van der Waals surface area contributed by atoms with Gasteiger partial charge in [0.2, 0.25) is 0 Å². The van der Waals surface area contributed by atoms with Crippen molar-refractivity contribution < 1.29 is 26.4 Å². The molecule has 0 aromatic carbocycles. The fourth-order valence-electron chi connectivity index (χ4n) is 0.691. The van der Waals surface area contributed by atoms with Crippen LogP contribution in [0, 0.1) is 5.92 Å². The summed E-state index contributed by atoms with van der Waals surface area (Å²) in [6, 6.07) is 0.